The Morgan fingerprint density at radius 2 is 1.94 bits per heavy atom. The summed E-state index contributed by atoms with van der Waals surface area (Å²) in [6.07, 6.45) is 2.26. The smallest absolute Gasteiger partial charge is 0.143 e. The molecule has 0 atom stereocenters. The first-order valence-corrected chi connectivity index (χ1v) is 6.60. The molecule has 18 heavy (non-hydrogen) atoms. The lowest BCUT2D eigenvalue weighted by Crippen LogP contribution is -2.29. The molecule has 2 nitrogen and oxygen atoms in total. The first-order chi connectivity index (χ1) is 8.65. The minimum atomic E-state index is -0.432. The van der Waals surface area contributed by atoms with E-state index in [4.69, 9.17) is 5.26 Å². The van der Waals surface area contributed by atoms with Crippen LogP contribution in [-0.2, 0) is 0 Å². The van der Waals surface area contributed by atoms with Crippen LogP contribution in [-0.4, -0.2) is 13.1 Å². The fraction of sp³-hybridized carbons (Fsp3) is 0.533. The molecule has 0 bridgehead atoms. The zero-order chi connectivity index (χ0) is 13.5. The maximum atomic E-state index is 13.6. The Morgan fingerprint density at radius 3 is 2.39 bits per heavy atom. The van der Waals surface area contributed by atoms with Gasteiger partial charge in [0.1, 0.15) is 11.9 Å². The number of hydrogen-bond donors (Lipinski definition) is 0. The van der Waals surface area contributed by atoms with Gasteiger partial charge in [0.15, 0.2) is 0 Å². The summed E-state index contributed by atoms with van der Waals surface area (Å²) < 4.78 is 13.6. The summed E-state index contributed by atoms with van der Waals surface area (Å²) in [5.41, 5.74) is 0.971. The van der Waals surface area contributed by atoms with Crippen molar-refractivity contribution in [1.29, 1.82) is 5.26 Å². The average Bonchev–Trinajstić information content (AvgIpc) is 2.40. The van der Waals surface area contributed by atoms with Gasteiger partial charge in [-0.1, -0.05) is 26.7 Å². The molecule has 0 saturated heterocycles. The van der Waals surface area contributed by atoms with Gasteiger partial charge in [0, 0.05) is 18.8 Å². The van der Waals surface area contributed by atoms with Gasteiger partial charge in [-0.15, -0.1) is 0 Å². The van der Waals surface area contributed by atoms with Crippen molar-refractivity contribution in [3.05, 3.63) is 29.6 Å². The summed E-state index contributed by atoms with van der Waals surface area (Å²) >= 11 is 0. The molecular formula is C15H21FN2. The number of nitrogens with zero attached hydrogens (tertiary/aromatic N) is 2. The predicted molar refractivity (Wildman–Crippen MR) is 73.1 cm³/mol. The van der Waals surface area contributed by atoms with E-state index in [-0.39, 0.29) is 5.56 Å². The van der Waals surface area contributed by atoms with E-state index >= 15 is 0 Å². The van der Waals surface area contributed by atoms with Gasteiger partial charge in [-0.25, -0.2) is 4.39 Å². The Morgan fingerprint density at radius 1 is 1.28 bits per heavy atom. The van der Waals surface area contributed by atoms with Crippen LogP contribution in [0.2, 0.25) is 0 Å². The number of halogens is 1. The lowest BCUT2D eigenvalue weighted by Gasteiger charge is -2.27. The Hall–Kier alpha value is -1.56. The molecule has 1 aromatic carbocycles. The first kappa shape index (κ1) is 14.5. The van der Waals surface area contributed by atoms with Crippen molar-refractivity contribution in [2.24, 2.45) is 5.92 Å². The lowest BCUT2D eigenvalue weighted by atomic mass is 10.0. The van der Waals surface area contributed by atoms with Crippen molar-refractivity contribution in [3.63, 3.8) is 0 Å². The van der Waals surface area contributed by atoms with E-state index in [9.17, 15) is 4.39 Å². The Kier molecular flexibility index (Phi) is 5.64. The maximum absolute atomic E-state index is 13.6. The Bertz CT molecular complexity index is 419. The van der Waals surface area contributed by atoms with Crippen LogP contribution in [0.5, 0.6) is 0 Å². The van der Waals surface area contributed by atoms with E-state index in [1.54, 1.807) is 6.07 Å². The predicted octanol–water partition coefficient (Wildman–Crippen LogP) is 3.96. The molecule has 0 heterocycles. The van der Waals surface area contributed by atoms with Crippen molar-refractivity contribution < 1.29 is 4.39 Å². The van der Waals surface area contributed by atoms with E-state index in [2.05, 4.69) is 25.7 Å². The van der Waals surface area contributed by atoms with Crippen LogP contribution in [0.4, 0.5) is 10.1 Å². The second-order valence-electron chi connectivity index (χ2n) is 4.50. The maximum Gasteiger partial charge on any atom is 0.143 e. The molecule has 0 aliphatic carbocycles. The van der Waals surface area contributed by atoms with Crippen molar-refractivity contribution in [2.75, 3.05) is 18.0 Å². The van der Waals surface area contributed by atoms with Gasteiger partial charge in [0.25, 0.3) is 0 Å². The third-order valence-electron chi connectivity index (χ3n) is 3.45. The number of nitriles is 1. The average molecular weight is 248 g/mol. The van der Waals surface area contributed by atoms with E-state index in [1.807, 2.05) is 12.1 Å². The fourth-order valence-corrected chi connectivity index (χ4v) is 2.07. The molecule has 3 heteroatoms. The highest BCUT2D eigenvalue weighted by Gasteiger charge is 2.12. The standard InChI is InChI=1S/C15H21FN2/c1-4-12(5-2)11-18(6-3)14-8-7-13(10-17)15(16)9-14/h7-9,12H,4-6,11H2,1-3H3. The normalized spacial score (nSPS) is 10.4. The number of hydrogen-bond acceptors (Lipinski definition) is 2. The summed E-state index contributed by atoms with van der Waals surface area (Å²) in [5, 5.41) is 8.72. The van der Waals surface area contributed by atoms with Gasteiger partial charge in [0.05, 0.1) is 5.56 Å². The second-order valence-corrected chi connectivity index (χ2v) is 4.50. The van der Waals surface area contributed by atoms with Gasteiger partial charge in [-0.2, -0.15) is 5.26 Å². The number of rotatable bonds is 6. The molecule has 0 N–H and O–H groups in total. The highest BCUT2D eigenvalue weighted by molar-refractivity contribution is 5.50. The van der Waals surface area contributed by atoms with Crippen LogP contribution in [0, 0.1) is 23.1 Å². The monoisotopic (exact) mass is 248 g/mol. The zero-order valence-electron chi connectivity index (χ0n) is 11.4. The third kappa shape index (κ3) is 3.46. The summed E-state index contributed by atoms with van der Waals surface area (Å²) in [7, 11) is 0. The molecule has 98 valence electrons. The van der Waals surface area contributed by atoms with Crippen LogP contribution in [0.1, 0.15) is 39.2 Å². The molecule has 0 amide bonds. The first-order valence-electron chi connectivity index (χ1n) is 6.60. The molecule has 0 saturated carbocycles. The van der Waals surface area contributed by atoms with Crippen LogP contribution in [0.3, 0.4) is 0 Å². The molecule has 0 aromatic heterocycles. The molecular weight excluding hydrogens is 227 g/mol. The fourth-order valence-electron chi connectivity index (χ4n) is 2.07. The van der Waals surface area contributed by atoms with Gasteiger partial charge in [-0.3, -0.25) is 0 Å². The van der Waals surface area contributed by atoms with Crippen LogP contribution < -0.4 is 4.90 Å². The quantitative estimate of drug-likeness (QED) is 0.762. The summed E-state index contributed by atoms with van der Waals surface area (Å²) in [6.45, 7) is 8.22. The van der Waals surface area contributed by atoms with Gasteiger partial charge >= 0.3 is 0 Å². The third-order valence-corrected chi connectivity index (χ3v) is 3.45. The lowest BCUT2D eigenvalue weighted by molar-refractivity contribution is 0.485. The Labute approximate surface area is 109 Å². The molecule has 0 spiro atoms. The van der Waals surface area contributed by atoms with Crippen LogP contribution in [0.15, 0.2) is 18.2 Å². The summed E-state index contributed by atoms with van der Waals surface area (Å²) in [6, 6.07) is 6.69. The van der Waals surface area contributed by atoms with Gasteiger partial charge in [0.2, 0.25) is 0 Å². The highest BCUT2D eigenvalue weighted by atomic mass is 19.1. The summed E-state index contributed by atoms with van der Waals surface area (Å²) in [4.78, 5) is 2.17. The molecule has 0 radical (unpaired) electrons. The molecule has 0 aliphatic heterocycles. The SMILES string of the molecule is CCC(CC)CN(CC)c1ccc(C#N)c(F)c1. The highest BCUT2D eigenvalue weighted by Crippen LogP contribution is 2.21. The van der Waals surface area contributed by atoms with Gasteiger partial charge < -0.3 is 4.90 Å². The van der Waals surface area contributed by atoms with Crippen molar-refractivity contribution >= 4 is 5.69 Å². The van der Waals surface area contributed by atoms with Crippen molar-refractivity contribution in [1.82, 2.24) is 0 Å². The topological polar surface area (TPSA) is 27.0 Å². The zero-order valence-corrected chi connectivity index (χ0v) is 11.4. The number of benzene rings is 1. The summed E-state index contributed by atoms with van der Waals surface area (Å²) in [5.74, 6) is 0.196. The van der Waals surface area contributed by atoms with E-state index in [1.165, 1.54) is 6.07 Å². The second kappa shape index (κ2) is 7.00. The van der Waals surface area contributed by atoms with E-state index in [0.29, 0.717) is 5.92 Å². The molecule has 0 aliphatic rings. The minimum Gasteiger partial charge on any atom is -0.371 e. The van der Waals surface area contributed by atoms with Crippen LogP contribution >= 0.6 is 0 Å². The molecule has 0 fully saturated rings. The molecule has 1 rings (SSSR count). The van der Waals surface area contributed by atoms with Gasteiger partial charge in [-0.05, 0) is 31.0 Å². The minimum absolute atomic E-state index is 0.109. The van der Waals surface area contributed by atoms with Crippen molar-refractivity contribution in [2.45, 2.75) is 33.6 Å². The van der Waals surface area contributed by atoms with E-state index in [0.717, 1.165) is 31.6 Å². The Balaban J connectivity index is 2.89. The molecule has 1 aromatic rings. The van der Waals surface area contributed by atoms with Crippen LogP contribution in [0.25, 0.3) is 0 Å². The molecule has 0 unspecified atom stereocenters. The largest absolute Gasteiger partial charge is 0.371 e. The van der Waals surface area contributed by atoms with Crippen molar-refractivity contribution in [3.8, 4) is 6.07 Å². The van der Waals surface area contributed by atoms with E-state index < -0.39 is 5.82 Å². The number of anilines is 1.